The van der Waals surface area contributed by atoms with Gasteiger partial charge in [0.15, 0.2) is 0 Å². The number of carbonyl (C=O) groups excluding carboxylic acids is 5. The van der Waals surface area contributed by atoms with E-state index in [-0.39, 0.29) is 72.5 Å². The molecule has 6 bridgehead atoms. The number of fused-ring (bicyclic) bond motifs is 6. The van der Waals surface area contributed by atoms with Crippen LogP contribution in [-0.4, -0.2) is 159 Å². The minimum absolute atomic E-state index is 0.0270. The van der Waals surface area contributed by atoms with E-state index in [1.165, 1.54) is 21.9 Å². The Morgan fingerprint density at radius 3 is 2.52 bits per heavy atom. The number of ether oxygens (including phenoxy) is 1. The molecule has 3 aromatic heterocycles. The van der Waals surface area contributed by atoms with Crippen molar-refractivity contribution in [3.63, 3.8) is 0 Å². The number of aryl methyl sites for hydroxylation is 1. The van der Waals surface area contributed by atoms with Gasteiger partial charge in [0.2, 0.25) is 17.7 Å². The number of benzene rings is 1. The van der Waals surface area contributed by atoms with E-state index in [9.17, 15) is 14.4 Å². The molecule has 1 unspecified atom stereocenters. The maximum atomic E-state index is 15.2. The largest absolute Gasteiger partial charge is 0.464 e. The summed E-state index contributed by atoms with van der Waals surface area (Å²) < 4.78 is 8.60. The van der Waals surface area contributed by atoms with Crippen LogP contribution in [0.15, 0.2) is 41.9 Å². The highest BCUT2D eigenvalue weighted by Gasteiger charge is 2.61. The van der Waals surface area contributed by atoms with E-state index in [1.807, 2.05) is 17.2 Å². The molecule has 6 fully saturated rings. The highest BCUT2D eigenvalue weighted by Crippen LogP contribution is 2.49. The summed E-state index contributed by atoms with van der Waals surface area (Å²) in [5.41, 5.74) is 10.0. The Morgan fingerprint density at radius 1 is 0.987 bits per heavy atom. The number of hydrogen-bond donors (Lipinski definition) is 2. The van der Waals surface area contributed by atoms with Crippen LogP contribution in [0.2, 0.25) is 0 Å². The second-order valence-electron chi connectivity index (χ2n) is 24.5. The third-order valence-corrected chi connectivity index (χ3v) is 18.7. The number of thiazole rings is 1. The first-order valence-electron chi connectivity index (χ1n) is 28.1. The Hall–Kier alpha value is -5.23. The normalized spacial score (nSPS) is 27.8. The van der Waals surface area contributed by atoms with Crippen LogP contribution in [0.4, 0.5) is 0 Å². The van der Waals surface area contributed by atoms with Crippen molar-refractivity contribution in [3.05, 3.63) is 58.2 Å². The van der Waals surface area contributed by atoms with Crippen LogP contribution < -0.4 is 10.7 Å². The van der Waals surface area contributed by atoms with Crippen molar-refractivity contribution in [2.75, 3.05) is 60.0 Å². The number of nitrogens with one attached hydrogen (secondary N) is 2. The molecule has 4 amide bonds. The molecular formula is C58H78N10O6S. The van der Waals surface area contributed by atoms with Crippen LogP contribution in [0, 0.1) is 22.7 Å². The third kappa shape index (κ3) is 10.3. The number of amides is 4. The molecule has 2 aliphatic carbocycles. The lowest BCUT2D eigenvalue weighted by molar-refractivity contribution is -0.155. The quantitative estimate of drug-likeness (QED) is 0.122. The fraction of sp³-hybridized carbons (Fsp3) is 0.638. The van der Waals surface area contributed by atoms with E-state index in [2.05, 4.69) is 89.4 Å². The molecule has 5 aliphatic heterocycles. The van der Waals surface area contributed by atoms with E-state index in [4.69, 9.17) is 14.7 Å². The molecule has 11 rings (SSSR count). The third-order valence-electron chi connectivity index (χ3n) is 17.8. The first-order valence-corrected chi connectivity index (χ1v) is 29.0. The number of carbonyl (C=O) groups is 5. The molecule has 402 valence electrons. The summed E-state index contributed by atoms with van der Waals surface area (Å²) in [5.74, 6) is 0.176. The lowest BCUT2D eigenvalue weighted by Crippen LogP contribution is -2.62. The molecular weight excluding hydrogens is 965 g/mol. The van der Waals surface area contributed by atoms with Gasteiger partial charge in [-0.2, -0.15) is 0 Å². The van der Waals surface area contributed by atoms with Gasteiger partial charge in [0.1, 0.15) is 18.1 Å². The van der Waals surface area contributed by atoms with Gasteiger partial charge in [0.25, 0.3) is 5.91 Å². The van der Waals surface area contributed by atoms with Crippen molar-refractivity contribution >= 4 is 51.8 Å². The molecule has 2 N–H and O–H groups in total. The molecule has 2 saturated carbocycles. The predicted octanol–water partition coefficient (Wildman–Crippen LogP) is 6.65. The van der Waals surface area contributed by atoms with Crippen LogP contribution in [0.1, 0.15) is 121 Å². The first kappa shape index (κ1) is 51.9. The lowest BCUT2D eigenvalue weighted by Gasteiger charge is -2.37. The number of hydrogen-bond acceptors (Lipinski definition) is 12. The number of likely N-dealkylation sites (N-methyl/N-ethyl adjacent to an activating group) is 1. The zero-order chi connectivity index (χ0) is 52.5. The van der Waals surface area contributed by atoms with E-state index < -0.39 is 29.5 Å². The van der Waals surface area contributed by atoms with Crippen molar-refractivity contribution in [2.24, 2.45) is 22.7 Å². The zero-order valence-electron chi connectivity index (χ0n) is 45.2. The van der Waals surface area contributed by atoms with Crippen LogP contribution in [0.25, 0.3) is 33.4 Å². The number of likely N-dealkylation sites (tertiary alicyclic amines) is 2. The highest BCUT2D eigenvalue weighted by molar-refractivity contribution is 7.10. The molecule has 1 aromatic carbocycles. The second kappa shape index (κ2) is 20.6. The standard InChI is InChI=1S/C58H78N10O6S/c1-8-66-45-20-19-38-27-40(45)41(51(66)39-15-11-23-59-48(39)35(2)3)29-57(4,5)34-74-56(73)42-16-12-24-68(62-42)54(71)43(28-46-60-44(38)31-75-46)61-53(70)50(36-13-9-10-14-36)64-25-21-58(32-64)22-26-65(33-58)55(72)52-49(37-17-18-37)67(52)30-47(69)63(6)7/h11,15,19-20,23,27,31,35-37,42-43,49-50,52,62H,8-10,12-14,16-18,21-22,24-26,28-30,32-34H2,1-7H3,(H,61,70)/t42-,43-,49+,50-,52+,58-,67?/m0/s1. The Labute approximate surface area is 446 Å². The number of esters is 1. The molecule has 7 atom stereocenters. The maximum absolute atomic E-state index is 15.2. The molecule has 1 spiro atoms. The van der Waals surface area contributed by atoms with Gasteiger partial charge in [0, 0.05) is 104 Å². The van der Waals surface area contributed by atoms with Gasteiger partial charge in [0.05, 0.1) is 41.3 Å². The minimum Gasteiger partial charge on any atom is -0.464 e. The average Bonchev–Trinajstić information content (AvgIpc) is 3.92. The summed E-state index contributed by atoms with van der Waals surface area (Å²) in [6, 6.07) is 8.60. The van der Waals surface area contributed by atoms with Crippen LogP contribution in [0.5, 0.6) is 0 Å². The Bertz CT molecular complexity index is 2850. The summed E-state index contributed by atoms with van der Waals surface area (Å²) in [7, 11) is 3.54. The van der Waals surface area contributed by atoms with E-state index in [0.717, 1.165) is 109 Å². The maximum Gasteiger partial charge on any atom is 0.324 e. The Kier molecular flexibility index (Phi) is 14.3. The molecule has 7 aliphatic rings. The van der Waals surface area contributed by atoms with Crippen LogP contribution in [-0.2, 0) is 48.1 Å². The van der Waals surface area contributed by atoms with Crippen molar-refractivity contribution in [2.45, 2.75) is 154 Å². The molecule has 8 heterocycles. The van der Waals surface area contributed by atoms with Crippen molar-refractivity contribution in [1.82, 2.24) is 49.9 Å². The van der Waals surface area contributed by atoms with Crippen LogP contribution in [0.3, 0.4) is 0 Å². The molecule has 17 heteroatoms. The monoisotopic (exact) mass is 1040 g/mol. The molecule has 4 aromatic rings. The van der Waals surface area contributed by atoms with Crippen molar-refractivity contribution in [1.29, 1.82) is 0 Å². The summed E-state index contributed by atoms with van der Waals surface area (Å²) in [6.45, 7) is 15.2. The summed E-state index contributed by atoms with van der Waals surface area (Å²) >= 11 is 1.50. The van der Waals surface area contributed by atoms with Gasteiger partial charge in [-0.3, -0.25) is 43.8 Å². The first-order chi connectivity index (χ1) is 36.0. The van der Waals surface area contributed by atoms with Gasteiger partial charge in [-0.15, -0.1) is 11.3 Å². The number of pyridine rings is 1. The summed E-state index contributed by atoms with van der Waals surface area (Å²) in [6.07, 6.45) is 11.8. The van der Waals surface area contributed by atoms with E-state index in [1.54, 1.807) is 19.0 Å². The van der Waals surface area contributed by atoms with E-state index >= 15 is 9.59 Å². The van der Waals surface area contributed by atoms with Gasteiger partial charge in [-0.1, -0.05) is 46.6 Å². The van der Waals surface area contributed by atoms with Gasteiger partial charge in [-0.25, -0.2) is 10.4 Å². The van der Waals surface area contributed by atoms with Crippen molar-refractivity contribution in [3.8, 4) is 22.5 Å². The Morgan fingerprint density at radius 2 is 1.77 bits per heavy atom. The van der Waals surface area contributed by atoms with Gasteiger partial charge >= 0.3 is 5.97 Å². The topological polar surface area (TPSA) is 165 Å². The lowest BCUT2D eigenvalue weighted by atomic mass is 9.84. The van der Waals surface area contributed by atoms with E-state index in [0.29, 0.717) is 51.4 Å². The smallest absolute Gasteiger partial charge is 0.324 e. The fourth-order valence-electron chi connectivity index (χ4n) is 13.7. The molecule has 16 nitrogen and oxygen atoms in total. The second-order valence-corrected chi connectivity index (χ2v) is 25.4. The number of rotatable bonds is 11. The van der Waals surface area contributed by atoms with Gasteiger partial charge < -0.3 is 24.4 Å². The summed E-state index contributed by atoms with van der Waals surface area (Å²) in [4.78, 5) is 89.5. The molecule has 0 radical (unpaired) electrons. The van der Waals surface area contributed by atoms with Gasteiger partial charge in [-0.05, 0) is 119 Å². The SMILES string of the molecule is CCn1c(-c2cccnc2C(C)C)c2c3cc(ccc31)-c1csc(n1)C[C@H](NC(=O)[C@H](C1CCCC1)N1CC[C@]3(CCN(C(=O)[C@H]4[C@@H](C5CC5)N4CC(=O)N(C)C)C3)C1)C(=O)N1CCC[C@H](N1)C(=O)OCC(C)(C)C2. The highest BCUT2D eigenvalue weighted by atomic mass is 32.1. The zero-order valence-corrected chi connectivity index (χ0v) is 46.1. The molecule has 4 saturated heterocycles. The fourth-order valence-corrected chi connectivity index (χ4v) is 14.5. The average molecular weight is 1040 g/mol. The minimum atomic E-state index is -0.943. The Balaban J connectivity index is 0.877. The number of nitrogens with zero attached hydrogens (tertiary/aromatic N) is 8. The molecule has 75 heavy (non-hydrogen) atoms. The predicted molar refractivity (Wildman–Crippen MR) is 289 cm³/mol. The number of hydrazine groups is 1. The van der Waals surface area contributed by atoms with Crippen molar-refractivity contribution < 1.29 is 28.7 Å². The number of aromatic nitrogens is 3. The van der Waals surface area contributed by atoms with Crippen LogP contribution >= 0.6 is 11.3 Å². The number of cyclic esters (lactones) is 1. The summed E-state index contributed by atoms with van der Waals surface area (Å²) in [5, 5.41) is 8.79.